The minimum Gasteiger partial charge on any atom is -0.497 e. The van der Waals surface area contributed by atoms with Crippen LogP contribution in [0, 0.1) is 0 Å². The SMILES string of the molecule is COc1cccc(N2CC(NC(=O)NCCCN3CCOCC3)CC2=O)c1. The van der Waals surface area contributed by atoms with Gasteiger partial charge >= 0.3 is 6.03 Å². The Labute approximate surface area is 159 Å². The molecule has 27 heavy (non-hydrogen) atoms. The number of ether oxygens (including phenoxy) is 2. The van der Waals surface area contributed by atoms with Crippen LogP contribution in [0.5, 0.6) is 5.75 Å². The van der Waals surface area contributed by atoms with Gasteiger partial charge in [-0.25, -0.2) is 4.79 Å². The molecule has 3 rings (SSSR count). The molecule has 1 atom stereocenters. The van der Waals surface area contributed by atoms with Crippen LogP contribution in [-0.4, -0.2) is 75.9 Å². The summed E-state index contributed by atoms with van der Waals surface area (Å²) in [5, 5.41) is 5.78. The molecular weight excluding hydrogens is 348 g/mol. The van der Waals surface area contributed by atoms with E-state index in [1.54, 1.807) is 12.0 Å². The summed E-state index contributed by atoms with van der Waals surface area (Å²) >= 11 is 0. The first-order valence-corrected chi connectivity index (χ1v) is 9.44. The second-order valence-corrected chi connectivity index (χ2v) is 6.81. The Morgan fingerprint density at radius 2 is 2.15 bits per heavy atom. The summed E-state index contributed by atoms with van der Waals surface area (Å²) in [5.74, 6) is 0.704. The Morgan fingerprint density at radius 3 is 2.93 bits per heavy atom. The van der Waals surface area contributed by atoms with Crippen molar-refractivity contribution in [2.75, 3.05) is 57.9 Å². The van der Waals surface area contributed by atoms with Crippen LogP contribution >= 0.6 is 0 Å². The van der Waals surface area contributed by atoms with Crippen LogP contribution in [-0.2, 0) is 9.53 Å². The van der Waals surface area contributed by atoms with Gasteiger partial charge in [-0.05, 0) is 25.1 Å². The predicted molar refractivity (Wildman–Crippen MR) is 102 cm³/mol. The smallest absolute Gasteiger partial charge is 0.315 e. The molecule has 1 aromatic carbocycles. The van der Waals surface area contributed by atoms with Gasteiger partial charge in [0, 0.05) is 44.4 Å². The molecular formula is C19H28N4O4. The van der Waals surface area contributed by atoms with Crippen molar-refractivity contribution in [1.29, 1.82) is 0 Å². The van der Waals surface area contributed by atoms with Crippen LogP contribution in [0.4, 0.5) is 10.5 Å². The number of rotatable bonds is 7. The zero-order valence-electron chi connectivity index (χ0n) is 15.8. The average Bonchev–Trinajstić information content (AvgIpc) is 3.06. The Kier molecular flexibility index (Phi) is 6.89. The fraction of sp³-hybridized carbons (Fsp3) is 0.579. The van der Waals surface area contributed by atoms with Crippen LogP contribution < -0.4 is 20.3 Å². The topological polar surface area (TPSA) is 83.1 Å². The molecule has 2 N–H and O–H groups in total. The quantitative estimate of drug-likeness (QED) is 0.689. The molecule has 2 heterocycles. The highest BCUT2D eigenvalue weighted by molar-refractivity contribution is 5.97. The molecule has 0 aromatic heterocycles. The Hall–Kier alpha value is -2.32. The molecule has 0 spiro atoms. The molecule has 1 unspecified atom stereocenters. The van der Waals surface area contributed by atoms with Gasteiger partial charge in [0.2, 0.25) is 5.91 Å². The highest BCUT2D eigenvalue weighted by Crippen LogP contribution is 2.25. The fourth-order valence-electron chi connectivity index (χ4n) is 3.40. The number of hydrogen-bond acceptors (Lipinski definition) is 5. The monoisotopic (exact) mass is 376 g/mol. The summed E-state index contributed by atoms with van der Waals surface area (Å²) < 4.78 is 10.5. The van der Waals surface area contributed by atoms with Crippen LogP contribution in [0.2, 0.25) is 0 Å². The van der Waals surface area contributed by atoms with Crippen molar-refractivity contribution in [3.8, 4) is 5.75 Å². The van der Waals surface area contributed by atoms with Gasteiger partial charge in [0.15, 0.2) is 0 Å². The van der Waals surface area contributed by atoms with E-state index < -0.39 is 0 Å². The maximum Gasteiger partial charge on any atom is 0.315 e. The van der Waals surface area contributed by atoms with E-state index in [0.29, 0.717) is 25.3 Å². The molecule has 0 saturated carbocycles. The summed E-state index contributed by atoms with van der Waals surface area (Å²) in [5.41, 5.74) is 0.787. The van der Waals surface area contributed by atoms with Crippen molar-refractivity contribution in [1.82, 2.24) is 15.5 Å². The van der Waals surface area contributed by atoms with Crippen molar-refractivity contribution >= 4 is 17.6 Å². The number of anilines is 1. The average molecular weight is 376 g/mol. The van der Waals surface area contributed by atoms with E-state index in [2.05, 4.69) is 15.5 Å². The second kappa shape index (κ2) is 9.57. The van der Waals surface area contributed by atoms with E-state index in [1.165, 1.54) is 0 Å². The van der Waals surface area contributed by atoms with Gasteiger partial charge < -0.3 is 25.0 Å². The normalized spacial score (nSPS) is 20.6. The largest absolute Gasteiger partial charge is 0.497 e. The van der Waals surface area contributed by atoms with E-state index in [-0.39, 0.29) is 18.0 Å². The molecule has 148 valence electrons. The third-order valence-electron chi connectivity index (χ3n) is 4.87. The number of carbonyl (C=O) groups excluding carboxylic acids is 2. The van der Waals surface area contributed by atoms with E-state index in [9.17, 15) is 9.59 Å². The number of amides is 3. The molecule has 2 aliphatic rings. The number of nitrogens with zero attached hydrogens (tertiary/aromatic N) is 2. The first-order valence-electron chi connectivity index (χ1n) is 9.44. The van der Waals surface area contributed by atoms with Gasteiger partial charge in [0.25, 0.3) is 0 Å². The van der Waals surface area contributed by atoms with Crippen molar-refractivity contribution < 1.29 is 19.1 Å². The standard InChI is InChI=1S/C19H28N4O4/c1-26-17-5-2-4-16(13-17)23-14-15(12-18(23)24)21-19(25)20-6-3-7-22-8-10-27-11-9-22/h2,4-5,13,15H,3,6-12,14H2,1H3,(H2,20,21,25). The number of hydrogen-bond donors (Lipinski definition) is 2. The van der Waals surface area contributed by atoms with Crippen molar-refractivity contribution in [3.63, 3.8) is 0 Å². The maximum atomic E-state index is 12.3. The number of nitrogens with one attached hydrogen (secondary N) is 2. The highest BCUT2D eigenvalue weighted by Gasteiger charge is 2.31. The summed E-state index contributed by atoms with van der Waals surface area (Å²) in [6.45, 7) is 5.51. The molecule has 3 amide bonds. The third-order valence-corrected chi connectivity index (χ3v) is 4.87. The number of carbonyl (C=O) groups is 2. The van der Waals surface area contributed by atoms with Gasteiger partial charge in [-0.3, -0.25) is 9.69 Å². The minimum atomic E-state index is -0.220. The molecule has 8 nitrogen and oxygen atoms in total. The molecule has 0 bridgehead atoms. The molecule has 2 aliphatic heterocycles. The van der Waals surface area contributed by atoms with E-state index in [4.69, 9.17) is 9.47 Å². The van der Waals surface area contributed by atoms with E-state index in [1.807, 2.05) is 24.3 Å². The second-order valence-electron chi connectivity index (χ2n) is 6.81. The van der Waals surface area contributed by atoms with E-state index >= 15 is 0 Å². The summed E-state index contributed by atoms with van der Waals surface area (Å²) in [6.07, 6.45) is 1.20. The maximum absolute atomic E-state index is 12.3. The van der Waals surface area contributed by atoms with Crippen LogP contribution in [0.25, 0.3) is 0 Å². The molecule has 2 fully saturated rings. The number of benzene rings is 1. The van der Waals surface area contributed by atoms with Crippen molar-refractivity contribution in [2.45, 2.75) is 18.9 Å². The Balaban J connectivity index is 1.39. The number of methoxy groups -OCH3 is 1. The molecule has 0 radical (unpaired) electrons. The lowest BCUT2D eigenvalue weighted by molar-refractivity contribution is -0.117. The first kappa shape index (κ1) is 19.4. The van der Waals surface area contributed by atoms with Crippen LogP contribution in [0.3, 0.4) is 0 Å². The molecule has 2 saturated heterocycles. The fourth-order valence-corrected chi connectivity index (χ4v) is 3.40. The highest BCUT2D eigenvalue weighted by atomic mass is 16.5. The van der Waals surface area contributed by atoms with E-state index in [0.717, 1.165) is 45.0 Å². The summed E-state index contributed by atoms with van der Waals surface area (Å²) in [6, 6.07) is 6.97. The number of urea groups is 1. The molecule has 1 aromatic rings. The van der Waals surface area contributed by atoms with Crippen LogP contribution in [0.15, 0.2) is 24.3 Å². The molecule has 0 aliphatic carbocycles. The predicted octanol–water partition coefficient (Wildman–Crippen LogP) is 0.822. The van der Waals surface area contributed by atoms with Crippen molar-refractivity contribution in [3.05, 3.63) is 24.3 Å². The third kappa shape index (κ3) is 5.58. The Morgan fingerprint density at radius 1 is 1.33 bits per heavy atom. The lowest BCUT2D eigenvalue weighted by atomic mass is 10.2. The van der Waals surface area contributed by atoms with Gasteiger partial charge in [-0.2, -0.15) is 0 Å². The van der Waals surface area contributed by atoms with Gasteiger partial charge in [0.1, 0.15) is 5.75 Å². The number of morpholine rings is 1. The minimum absolute atomic E-state index is 0.000806. The van der Waals surface area contributed by atoms with Crippen molar-refractivity contribution in [2.24, 2.45) is 0 Å². The van der Waals surface area contributed by atoms with Gasteiger partial charge in [-0.15, -0.1) is 0 Å². The van der Waals surface area contributed by atoms with Gasteiger partial charge in [0.05, 0.1) is 26.4 Å². The zero-order chi connectivity index (χ0) is 19.1. The lowest BCUT2D eigenvalue weighted by Crippen LogP contribution is -2.44. The summed E-state index contributed by atoms with van der Waals surface area (Å²) in [4.78, 5) is 28.4. The van der Waals surface area contributed by atoms with Gasteiger partial charge in [-0.1, -0.05) is 6.07 Å². The zero-order valence-corrected chi connectivity index (χ0v) is 15.8. The Bertz CT molecular complexity index is 648. The lowest BCUT2D eigenvalue weighted by Gasteiger charge is -2.26. The molecule has 8 heteroatoms. The first-order chi connectivity index (χ1) is 13.2. The van der Waals surface area contributed by atoms with Crippen LogP contribution in [0.1, 0.15) is 12.8 Å². The summed E-state index contributed by atoms with van der Waals surface area (Å²) in [7, 11) is 1.60.